The molecule has 0 radical (unpaired) electrons. The molecule has 0 spiro atoms. The predicted octanol–water partition coefficient (Wildman–Crippen LogP) is 4.93. The minimum absolute atomic E-state index is 0.00950. The Morgan fingerprint density at radius 1 is 1.16 bits per heavy atom. The number of amides is 1. The van der Waals surface area contributed by atoms with E-state index in [1.165, 1.54) is 28.4 Å². The van der Waals surface area contributed by atoms with Crippen LogP contribution in [0, 0.1) is 11.6 Å². The molecule has 8 heteroatoms. The SMILES string of the molecule is CN(C)c1ccc(C2=NO[C@H](CN(Cc3ccc(F)cc3F)C(=O)c3cccs3)C2)cc1. The number of carbonyl (C=O) groups is 1. The first kappa shape index (κ1) is 22.0. The van der Waals surface area contributed by atoms with Gasteiger partial charge in [0.1, 0.15) is 11.6 Å². The Balaban J connectivity index is 1.48. The summed E-state index contributed by atoms with van der Waals surface area (Å²) in [5, 5.41) is 6.03. The Labute approximate surface area is 189 Å². The molecule has 1 aromatic heterocycles. The number of hydrogen-bond donors (Lipinski definition) is 0. The van der Waals surface area contributed by atoms with Crippen molar-refractivity contribution in [3.8, 4) is 0 Å². The van der Waals surface area contributed by atoms with Crippen molar-refractivity contribution in [2.75, 3.05) is 25.5 Å². The second-order valence-corrected chi connectivity index (χ2v) is 8.76. The van der Waals surface area contributed by atoms with Gasteiger partial charge < -0.3 is 14.6 Å². The molecule has 0 aliphatic carbocycles. The molecule has 2 heterocycles. The predicted molar refractivity (Wildman–Crippen MR) is 122 cm³/mol. The van der Waals surface area contributed by atoms with Crippen LogP contribution in [0.2, 0.25) is 0 Å². The van der Waals surface area contributed by atoms with Crippen LogP contribution in [0.1, 0.15) is 27.2 Å². The lowest BCUT2D eigenvalue weighted by molar-refractivity contribution is 0.0406. The minimum Gasteiger partial charge on any atom is -0.390 e. The van der Waals surface area contributed by atoms with Crippen LogP contribution in [0.5, 0.6) is 0 Å². The molecular formula is C24H23F2N3O2S. The quantitative estimate of drug-likeness (QED) is 0.508. The second-order valence-electron chi connectivity index (χ2n) is 7.81. The molecule has 1 aliphatic rings. The molecule has 166 valence electrons. The van der Waals surface area contributed by atoms with E-state index in [1.807, 2.05) is 48.6 Å². The smallest absolute Gasteiger partial charge is 0.264 e. The number of anilines is 1. The number of thiophene rings is 1. The zero-order valence-electron chi connectivity index (χ0n) is 17.8. The maximum Gasteiger partial charge on any atom is 0.264 e. The standard InChI is InChI=1S/C24H23F2N3O2S/c1-28(2)19-9-6-16(7-10-19)22-13-20(31-27-22)15-29(24(30)23-4-3-11-32-23)14-17-5-8-18(25)12-21(17)26/h3-12,20H,13-15H2,1-2H3/t20-/m0/s1. The molecule has 32 heavy (non-hydrogen) atoms. The number of benzene rings is 2. The van der Waals surface area contributed by atoms with Crippen LogP contribution in [0.15, 0.2) is 65.1 Å². The first-order valence-corrected chi connectivity index (χ1v) is 11.1. The maximum atomic E-state index is 14.3. The van der Waals surface area contributed by atoms with Crippen LogP contribution in [-0.4, -0.2) is 43.3 Å². The van der Waals surface area contributed by atoms with Gasteiger partial charge in [-0.1, -0.05) is 29.4 Å². The highest BCUT2D eigenvalue weighted by Gasteiger charge is 2.28. The van der Waals surface area contributed by atoms with E-state index in [1.54, 1.807) is 12.1 Å². The van der Waals surface area contributed by atoms with Crippen molar-refractivity contribution < 1.29 is 18.4 Å². The molecule has 1 amide bonds. The van der Waals surface area contributed by atoms with Gasteiger partial charge in [-0.25, -0.2) is 8.78 Å². The number of oxime groups is 1. The fraction of sp³-hybridized carbons (Fsp3) is 0.250. The van der Waals surface area contributed by atoms with E-state index in [-0.39, 0.29) is 30.7 Å². The van der Waals surface area contributed by atoms with Crippen molar-refractivity contribution in [2.24, 2.45) is 5.16 Å². The molecule has 0 saturated carbocycles. The van der Waals surface area contributed by atoms with E-state index in [2.05, 4.69) is 5.16 Å². The highest BCUT2D eigenvalue weighted by atomic mass is 32.1. The third kappa shape index (κ3) is 4.96. The largest absolute Gasteiger partial charge is 0.390 e. The van der Waals surface area contributed by atoms with Crippen LogP contribution < -0.4 is 4.90 Å². The van der Waals surface area contributed by atoms with Crippen molar-refractivity contribution in [3.63, 3.8) is 0 Å². The summed E-state index contributed by atoms with van der Waals surface area (Å²) in [6.45, 7) is 0.242. The van der Waals surface area contributed by atoms with E-state index in [9.17, 15) is 13.6 Å². The van der Waals surface area contributed by atoms with Crippen molar-refractivity contribution in [2.45, 2.75) is 19.1 Å². The van der Waals surface area contributed by atoms with Gasteiger partial charge >= 0.3 is 0 Å². The molecule has 0 saturated heterocycles. The first-order chi connectivity index (χ1) is 15.4. The Kier molecular flexibility index (Phi) is 6.50. The van der Waals surface area contributed by atoms with Gasteiger partial charge in [-0.2, -0.15) is 0 Å². The maximum absolute atomic E-state index is 14.3. The topological polar surface area (TPSA) is 45.1 Å². The van der Waals surface area contributed by atoms with Crippen LogP contribution in [-0.2, 0) is 11.4 Å². The third-order valence-electron chi connectivity index (χ3n) is 5.27. The van der Waals surface area contributed by atoms with Crippen molar-refractivity contribution in [3.05, 3.63) is 87.6 Å². The van der Waals surface area contributed by atoms with Gasteiger partial charge in [-0.15, -0.1) is 11.3 Å². The van der Waals surface area contributed by atoms with Crippen LogP contribution in [0.4, 0.5) is 14.5 Å². The summed E-state index contributed by atoms with van der Waals surface area (Å²) >= 11 is 1.32. The zero-order valence-corrected chi connectivity index (χ0v) is 18.6. The van der Waals surface area contributed by atoms with Gasteiger partial charge in [0.2, 0.25) is 0 Å². The first-order valence-electron chi connectivity index (χ1n) is 10.2. The molecule has 0 fully saturated rings. The molecule has 0 unspecified atom stereocenters. The summed E-state index contributed by atoms with van der Waals surface area (Å²) < 4.78 is 27.6. The Morgan fingerprint density at radius 3 is 2.59 bits per heavy atom. The number of carbonyl (C=O) groups excluding carboxylic acids is 1. The van der Waals surface area contributed by atoms with E-state index >= 15 is 0 Å². The summed E-state index contributed by atoms with van der Waals surface area (Å²) in [4.78, 5) is 22.8. The van der Waals surface area contributed by atoms with E-state index in [0.29, 0.717) is 11.3 Å². The summed E-state index contributed by atoms with van der Waals surface area (Å²) in [7, 11) is 3.95. The van der Waals surface area contributed by atoms with Crippen LogP contribution >= 0.6 is 11.3 Å². The molecule has 2 aromatic carbocycles. The molecule has 1 aliphatic heterocycles. The van der Waals surface area contributed by atoms with Crippen LogP contribution in [0.25, 0.3) is 0 Å². The molecule has 1 atom stereocenters. The van der Waals surface area contributed by atoms with Gasteiger partial charge in [-0.05, 0) is 35.2 Å². The van der Waals surface area contributed by atoms with Gasteiger partial charge in [-0.3, -0.25) is 4.79 Å². The number of rotatable bonds is 7. The fourth-order valence-electron chi connectivity index (χ4n) is 3.53. The lowest BCUT2D eigenvalue weighted by atomic mass is 10.0. The van der Waals surface area contributed by atoms with Crippen molar-refractivity contribution >= 4 is 28.6 Å². The lowest BCUT2D eigenvalue weighted by Crippen LogP contribution is -2.37. The summed E-state index contributed by atoms with van der Waals surface area (Å²) in [6, 6.07) is 14.9. The Hall–Kier alpha value is -3.26. The van der Waals surface area contributed by atoms with E-state index in [0.717, 1.165) is 23.0 Å². The molecule has 3 aromatic rings. The number of hydrogen-bond acceptors (Lipinski definition) is 5. The molecule has 5 nitrogen and oxygen atoms in total. The van der Waals surface area contributed by atoms with Crippen molar-refractivity contribution in [1.29, 1.82) is 0 Å². The van der Waals surface area contributed by atoms with Crippen molar-refractivity contribution in [1.82, 2.24) is 4.90 Å². The monoisotopic (exact) mass is 455 g/mol. The summed E-state index contributed by atoms with van der Waals surface area (Å²) in [6.07, 6.45) is 0.174. The average Bonchev–Trinajstić information content (AvgIpc) is 3.47. The fourth-order valence-corrected chi connectivity index (χ4v) is 4.22. The third-order valence-corrected chi connectivity index (χ3v) is 6.13. The second kappa shape index (κ2) is 9.48. The van der Waals surface area contributed by atoms with Gasteiger partial charge in [0.25, 0.3) is 5.91 Å². The normalized spacial score (nSPS) is 15.2. The summed E-state index contributed by atoms with van der Waals surface area (Å²) in [5.74, 6) is -1.56. The average molecular weight is 456 g/mol. The highest BCUT2D eigenvalue weighted by Crippen LogP contribution is 2.23. The molecule has 4 rings (SSSR count). The van der Waals surface area contributed by atoms with Gasteiger partial charge in [0.05, 0.1) is 17.1 Å². The van der Waals surface area contributed by atoms with E-state index in [4.69, 9.17) is 4.84 Å². The molecular weight excluding hydrogens is 432 g/mol. The van der Waals surface area contributed by atoms with Crippen LogP contribution in [0.3, 0.4) is 0 Å². The van der Waals surface area contributed by atoms with Gasteiger partial charge in [0.15, 0.2) is 6.10 Å². The van der Waals surface area contributed by atoms with Gasteiger partial charge in [0, 0.05) is 44.4 Å². The molecule has 0 N–H and O–H groups in total. The number of halogens is 2. The molecule has 0 bridgehead atoms. The minimum atomic E-state index is -0.681. The number of nitrogens with zero attached hydrogens (tertiary/aromatic N) is 3. The summed E-state index contributed by atoms with van der Waals surface area (Å²) in [5.41, 5.74) is 3.09. The highest BCUT2D eigenvalue weighted by molar-refractivity contribution is 7.12. The Morgan fingerprint density at radius 2 is 1.94 bits per heavy atom. The Bertz CT molecular complexity index is 1110. The lowest BCUT2D eigenvalue weighted by Gasteiger charge is -2.24. The van der Waals surface area contributed by atoms with E-state index < -0.39 is 11.6 Å². The zero-order chi connectivity index (χ0) is 22.7.